The molecule has 0 spiro atoms. The molecule has 2 rings (SSSR count). The average molecular weight is 196 g/mol. The van der Waals surface area contributed by atoms with Crippen molar-refractivity contribution in [3.63, 3.8) is 0 Å². The van der Waals surface area contributed by atoms with Crippen molar-refractivity contribution >= 4 is 0 Å². The third kappa shape index (κ3) is 2.48. The standard InChI is InChI=1S/C12H24N2/c1-2-5-12(6-7-12)9-14-11-4-3-10(13)8-11/h10-11,14H,2-9,13H2,1H3. The van der Waals surface area contributed by atoms with Crippen LogP contribution in [-0.4, -0.2) is 18.6 Å². The number of hydrogen-bond acceptors (Lipinski definition) is 2. The van der Waals surface area contributed by atoms with Crippen LogP contribution >= 0.6 is 0 Å². The SMILES string of the molecule is CCCC1(CNC2CCC(N)C2)CC1. The van der Waals surface area contributed by atoms with E-state index in [0.717, 1.165) is 6.04 Å². The maximum atomic E-state index is 5.90. The highest BCUT2D eigenvalue weighted by Crippen LogP contribution is 2.49. The van der Waals surface area contributed by atoms with Crippen LogP contribution in [-0.2, 0) is 0 Å². The Morgan fingerprint density at radius 1 is 1.36 bits per heavy atom. The lowest BCUT2D eigenvalue weighted by Crippen LogP contribution is -2.33. The summed E-state index contributed by atoms with van der Waals surface area (Å²) < 4.78 is 0. The van der Waals surface area contributed by atoms with Gasteiger partial charge < -0.3 is 11.1 Å². The van der Waals surface area contributed by atoms with E-state index in [1.807, 2.05) is 0 Å². The number of nitrogens with one attached hydrogen (secondary N) is 1. The first-order valence-corrected chi connectivity index (χ1v) is 6.23. The number of rotatable bonds is 5. The molecule has 2 heteroatoms. The summed E-state index contributed by atoms with van der Waals surface area (Å²) >= 11 is 0. The summed E-state index contributed by atoms with van der Waals surface area (Å²) in [5.74, 6) is 0. The molecule has 2 fully saturated rings. The molecule has 2 unspecified atom stereocenters. The normalized spacial score (nSPS) is 34.7. The quantitative estimate of drug-likeness (QED) is 0.706. The smallest absolute Gasteiger partial charge is 0.00826 e. The first-order valence-electron chi connectivity index (χ1n) is 6.23. The molecule has 2 atom stereocenters. The molecule has 0 aliphatic heterocycles. The number of nitrogens with two attached hydrogens (primary N) is 1. The highest BCUT2D eigenvalue weighted by atomic mass is 14.9. The van der Waals surface area contributed by atoms with Gasteiger partial charge in [-0.25, -0.2) is 0 Å². The molecule has 0 amide bonds. The zero-order chi connectivity index (χ0) is 10.0. The average Bonchev–Trinajstić information content (AvgIpc) is 2.80. The molecule has 0 heterocycles. The van der Waals surface area contributed by atoms with E-state index < -0.39 is 0 Å². The topological polar surface area (TPSA) is 38.0 Å². The Morgan fingerprint density at radius 2 is 2.14 bits per heavy atom. The van der Waals surface area contributed by atoms with E-state index in [-0.39, 0.29) is 0 Å². The van der Waals surface area contributed by atoms with Gasteiger partial charge in [-0.05, 0) is 43.9 Å². The first kappa shape index (κ1) is 10.4. The van der Waals surface area contributed by atoms with Gasteiger partial charge in [-0.1, -0.05) is 13.3 Å². The molecule has 2 aliphatic rings. The van der Waals surface area contributed by atoms with Crippen LogP contribution in [0.15, 0.2) is 0 Å². The maximum Gasteiger partial charge on any atom is 0.00826 e. The Balaban J connectivity index is 1.67. The third-order valence-electron chi connectivity index (χ3n) is 3.98. The van der Waals surface area contributed by atoms with Crippen molar-refractivity contribution in [3.05, 3.63) is 0 Å². The molecule has 14 heavy (non-hydrogen) atoms. The molecule has 82 valence electrons. The molecule has 2 aliphatic carbocycles. The van der Waals surface area contributed by atoms with Crippen molar-refractivity contribution in [3.8, 4) is 0 Å². The van der Waals surface area contributed by atoms with Crippen molar-refractivity contribution in [2.45, 2.75) is 64.0 Å². The van der Waals surface area contributed by atoms with Gasteiger partial charge in [-0.3, -0.25) is 0 Å². The van der Waals surface area contributed by atoms with E-state index in [9.17, 15) is 0 Å². The summed E-state index contributed by atoms with van der Waals surface area (Å²) in [5.41, 5.74) is 6.59. The van der Waals surface area contributed by atoms with E-state index in [1.165, 1.54) is 51.5 Å². The molecule has 2 saturated carbocycles. The Morgan fingerprint density at radius 3 is 2.64 bits per heavy atom. The maximum absolute atomic E-state index is 5.90. The van der Waals surface area contributed by atoms with Crippen LogP contribution in [0, 0.1) is 5.41 Å². The van der Waals surface area contributed by atoms with E-state index in [1.54, 1.807) is 0 Å². The van der Waals surface area contributed by atoms with Crippen LogP contribution in [0.25, 0.3) is 0 Å². The second kappa shape index (κ2) is 4.19. The van der Waals surface area contributed by atoms with Crippen molar-refractivity contribution in [1.29, 1.82) is 0 Å². The lowest BCUT2D eigenvalue weighted by molar-refractivity contribution is 0.385. The van der Waals surface area contributed by atoms with Gasteiger partial charge in [0.15, 0.2) is 0 Å². The van der Waals surface area contributed by atoms with Crippen molar-refractivity contribution in [1.82, 2.24) is 5.32 Å². The van der Waals surface area contributed by atoms with Crippen molar-refractivity contribution in [2.75, 3.05) is 6.54 Å². The summed E-state index contributed by atoms with van der Waals surface area (Å²) in [6.45, 7) is 3.55. The highest BCUT2D eigenvalue weighted by molar-refractivity contribution is 4.96. The van der Waals surface area contributed by atoms with Crippen molar-refractivity contribution < 1.29 is 0 Å². The summed E-state index contributed by atoms with van der Waals surface area (Å²) in [6.07, 6.45) is 9.37. The first-order chi connectivity index (χ1) is 6.74. The van der Waals surface area contributed by atoms with Crippen LogP contribution in [0.2, 0.25) is 0 Å². The summed E-state index contributed by atoms with van der Waals surface area (Å²) in [5, 5.41) is 3.72. The summed E-state index contributed by atoms with van der Waals surface area (Å²) in [4.78, 5) is 0. The number of hydrogen-bond donors (Lipinski definition) is 2. The van der Waals surface area contributed by atoms with Gasteiger partial charge in [0.05, 0.1) is 0 Å². The lowest BCUT2D eigenvalue weighted by Gasteiger charge is -2.19. The van der Waals surface area contributed by atoms with Crippen LogP contribution in [0.5, 0.6) is 0 Å². The predicted molar refractivity (Wildman–Crippen MR) is 60.2 cm³/mol. The molecule has 2 nitrogen and oxygen atoms in total. The third-order valence-corrected chi connectivity index (χ3v) is 3.98. The van der Waals surface area contributed by atoms with E-state index in [0.29, 0.717) is 11.5 Å². The summed E-state index contributed by atoms with van der Waals surface area (Å²) in [6, 6.07) is 1.19. The highest BCUT2D eigenvalue weighted by Gasteiger charge is 2.41. The van der Waals surface area contributed by atoms with E-state index >= 15 is 0 Å². The molecule has 0 aromatic rings. The van der Waals surface area contributed by atoms with Crippen molar-refractivity contribution in [2.24, 2.45) is 11.1 Å². The second-order valence-corrected chi connectivity index (χ2v) is 5.40. The van der Waals surface area contributed by atoms with Crippen LogP contribution in [0.3, 0.4) is 0 Å². The minimum Gasteiger partial charge on any atom is -0.328 e. The molecular formula is C12H24N2. The van der Waals surface area contributed by atoms with Crippen LogP contribution < -0.4 is 11.1 Å². The Labute approximate surface area is 87.6 Å². The predicted octanol–water partition coefficient (Wildman–Crippen LogP) is 2.04. The fraction of sp³-hybridized carbons (Fsp3) is 1.00. The zero-order valence-corrected chi connectivity index (χ0v) is 9.39. The Bertz CT molecular complexity index is 187. The molecule has 0 aromatic carbocycles. The van der Waals surface area contributed by atoms with Gasteiger partial charge in [0.25, 0.3) is 0 Å². The van der Waals surface area contributed by atoms with Gasteiger partial charge in [-0.15, -0.1) is 0 Å². The fourth-order valence-corrected chi connectivity index (χ4v) is 2.78. The molecule has 0 saturated heterocycles. The summed E-state index contributed by atoms with van der Waals surface area (Å²) in [7, 11) is 0. The monoisotopic (exact) mass is 196 g/mol. The molecular weight excluding hydrogens is 172 g/mol. The van der Waals surface area contributed by atoms with Gasteiger partial charge >= 0.3 is 0 Å². The van der Waals surface area contributed by atoms with Crippen LogP contribution in [0.4, 0.5) is 0 Å². The Kier molecular flexibility index (Phi) is 3.13. The molecule has 0 radical (unpaired) electrons. The van der Waals surface area contributed by atoms with Gasteiger partial charge in [0, 0.05) is 18.6 Å². The minimum absolute atomic E-state index is 0.467. The fourth-order valence-electron chi connectivity index (χ4n) is 2.78. The zero-order valence-electron chi connectivity index (χ0n) is 9.39. The Hall–Kier alpha value is -0.0800. The van der Waals surface area contributed by atoms with E-state index in [2.05, 4.69) is 12.2 Å². The largest absolute Gasteiger partial charge is 0.328 e. The minimum atomic E-state index is 0.467. The van der Waals surface area contributed by atoms with Gasteiger partial charge in [0.2, 0.25) is 0 Å². The molecule has 0 bridgehead atoms. The van der Waals surface area contributed by atoms with Gasteiger partial charge in [-0.2, -0.15) is 0 Å². The second-order valence-electron chi connectivity index (χ2n) is 5.40. The van der Waals surface area contributed by atoms with Crippen LogP contribution in [0.1, 0.15) is 51.9 Å². The van der Waals surface area contributed by atoms with Gasteiger partial charge in [0.1, 0.15) is 0 Å². The lowest BCUT2D eigenvalue weighted by atomic mass is 10.0. The van der Waals surface area contributed by atoms with E-state index in [4.69, 9.17) is 5.73 Å². The molecule has 0 aromatic heterocycles. The molecule has 3 N–H and O–H groups in total.